The van der Waals surface area contributed by atoms with Crippen LogP contribution in [0.15, 0.2) is 42.5 Å². The van der Waals surface area contributed by atoms with Crippen LogP contribution >= 0.6 is 0 Å². The molecule has 0 bridgehead atoms. The van der Waals surface area contributed by atoms with Crippen LogP contribution in [0, 0.1) is 23.1 Å². The van der Waals surface area contributed by atoms with E-state index in [1.54, 1.807) is 0 Å². The molecule has 85 valence electrons. The van der Waals surface area contributed by atoms with Crippen molar-refractivity contribution in [2.75, 3.05) is 0 Å². The Morgan fingerprint density at radius 1 is 1.18 bits per heavy atom. The van der Waals surface area contributed by atoms with E-state index < -0.39 is 4.92 Å². The summed E-state index contributed by atoms with van der Waals surface area (Å²) in [6.45, 7) is 1.99. The zero-order valence-electron chi connectivity index (χ0n) is 9.21. The summed E-state index contributed by atoms with van der Waals surface area (Å²) < 4.78 is 5.49. The standard InChI is InChI=1S/C13H10NO3/c1-10-2-6-12(7-3-10)17-13-8-4-11(5-9-13)14(15)16/h2-8H,1H3. The van der Waals surface area contributed by atoms with Gasteiger partial charge >= 0.3 is 0 Å². The maximum absolute atomic E-state index is 10.5. The lowest BCUT2D eigenvalue weighted by Crippen LogP contribution is -1.88. The molecule has 0 aliphatic carbocycles. The highest BCUT2D eigenvalue weighted by Crippen LogP contribution is 2.23. The van der Waals surface area contributed by atoms with Crippen LogP contribution in [0.1, 0.15) is 5.56 Å². The summed E-state index contributed by atoms with van der Waals surface area (Å²) in [5, 5.41) is 10.5. The third-order valence-corrected chi connectivity index (χ3v) is 2.23. The summed E-state index contributed by atoms with van der Waals surface area (Å²) in [5.74, 6) is 1.14. The monoisotopic (exact) mass is 228 g/mol. The predicted molar refractivity (Wildman–Crippen MR) is 63.2 cm³/mol. The largest absolute Gasteiger partial charge is 0.457 e. The van der Waals surface area contributed by atoms with E-state index in [1.807, 2.05) is 31.2 Å². The Morgan fingerprint density at radius 3 is 2.41 bits per heavy atom. The van der Waals surface area contributed by atoms with Gasteiger partial charge in [-0.25, -0.2) is 0 Å². The zero-order chi connectivity index (χ0) is 12.3. The van der Waals surface area contributed by atoms with Crippen molar-refractivity contribution < 1.29 is 9.66 Å². The molecule has 0 aliphatic rings. The number of nitro groups is 1. The molecule has 17 heavy (non-hydrogen) atoms. The van der Waals surface area contributed by atoms with E-state index in [1.165, 1.54) is 18.2 Å². The Morgan fingerprint density at radius 2 is 1.88 bits per heavy atom. The molecule has 2 rings (SSSR count). The van der Waals surface area contributed by atoms with Gasteiger partial charge in [0.15, 0.2) is 0 Å². The molecule has 0 aromatic heterocycles. The molecule has 4 nitrogen and oxygen atoms in total. The summed E-state index contributed by atoms with van der Waals surface area (Å²) in [5.41, 5.74) is 1.14. The predicted octanol–water partition coefficient (Wildman–Crippen LogP) is 3.50. The van der Waals surface area contributed by atoms with Crippen LogP contribution in [0.3, 0.4) is 0 Å². The number of rotatable bonds is 3. The number of ether oxygens (including phenoxy) is 1. The van der Waals surface area contributed by atoms with E-state index in [0.717, 1.165) is 5.56 Å². The number of nitro benzene ring substituents is 1. The second-order valence-electron chi connectivity index (χ2n) is 3.58. The molecular formula is C13H10NO3. The highest BCUT2D eigenvalue weighted by molar-refractivity contribution is 5.38. The van der Waals surface area contributed by atoms with Crippen LogP contribution in [0.2, 0.25) is 0 Å². The molecule has 0 saturated carbocycles. The third kappa shape index (κ3) is 2.81. The van der Waals surface area contributed by atoms with E-state index in [2.05, 4.69) is 6.07 Å². The highest BCUT2D eigenvalue weighted by Gasteiger charge is 2.05. The topological polar surface area (TPSA) is 52.4 Å². The van der Waals surface area contributed by atoms with Gasteiger partial charge in [-0.1, -0.05) is 17.7 Å². The van der Waals surface area contributed by atoms with Gasteiger partial charge in [-0.15, -0.1) is 0 Å². The number of hydrogen-bond donors (Lipinski definition) is 0. The molecule has 0 N–H and O–H groups in total. The third-order valence-electron chi connectivity index (χ3n) is 2.23. The summed E-state index contributed by atoms with van der Waals surface area (Å²) in [6.07, 6.45) is 0. The van der Waals surface area contributed by atoms with Crippen LogP contribution in [-0.4, -0.2) is 4.92 Å². The van der Waals surface area contributed by atoms with Gasteiger partial charge in [-0.3, -0.25) is 10.1 Å². The molecule has 0 amide bonds. The molecule has 2 aromatic carbocycles. The molecule has 2 aromatic rings. The average Bonchev–Trinajstić information content (AvgIpc) is 2.33. The maximum Gasteiger partial charge on any atom is 0.270 e. The van der Waals surface area contributed by atoms with Crippen molar-refractivity contribution in [3.8, 4) is 11.5 Å². The van der Waals surface area contributed by atoms with E-state index in [4.69, 9.17) is 4.74 Å². The number of aryl methyl sites for hydroxylation is 1. The van der Waals surface area contributed by atoms with E-state index in [9.17, 15) is 10.1 Å². The first-order valence-corrected chi connectivity index (χ1v) is 5.06. The number of nitrogens with zero attached hydrogens (tertiary/aromatic N) is 1. The molecule has 0 fully saturated rings. The molecule has 4 heteroatoms. The smallest absolute Gasteiger partial charge is 0.270 e. The van der Waals surface area contributed by atoms with Crippen LogP contribution < -0.4 is 4.74 Å². The van der Waals surface area contributed by atoms with Gasteiger partial charge < -0.3 is 4.74 Å². The lowest BCUT2D eigenvalue weighted by molar-refractivity contribution is -0.384. The molecule has 0 unspecified atom stereocenters. The van der Waals surface area contributed by atoms with Crippen molar-refractivity contribution in [2.45, 2.75) is 6.92 Å². The van der Waals surface area contributed by atoms with Crippen molar-refractivity contribution in [1.29, 1.82) is 0 Å². The van der Waals surface area contributed by atoms with Crippen LogP contribution in [-0.2, 0) is 0 Å². The molecule has 0 atom stereocenters. The Labute approximate surface area is 98.6 Å². The van der Waals surface area contributed by atoms with Crippen LogP contribution in [0.4, 0.5) is 5.69 Å². The fourth-order valence-corrected chi connectivity index (χ4v) is 1.31. The van der Waals surface area contributed by atoms with Gasteiger partial charge in [0.1, 0.15) is 11.5 Å². The van der Waals surface area contributed by atoms with Crippen LogP contribution in [0.25, 0.3) is 0 Å². The first kappa shape index (κ1) is 11.1. The fraction of sp³-hybridized carbons (Fsp3) is 0.0769. The lowest BCUT2D eigenvalue weighted by Gasteiger charge is -2.04. The van der Waals surface area contributed by atoms with Crippen molar-refractivity contribution in [1.82, 2.24) is 0 Å². The van der Waals surface area contributed by atoms with Gasteiger partial charge in [0.2, 0.25) is 0 Å². The van der Waals surface area contributed by atoms with Crippen molar-refractivity contribution in [2.24, 2.45) is 0 Å². The second kappa shape index (κ2) is 4.65. The SMILES string of the molecule is Cc1ccc(Oc2[c]cc([N+](=O)[O-])cc2)cc1. The van der Waals surface area contributed by atoms with E-state index in [0.29, 0.717) is 11.5 Å². The first-order chi connectivity index (χ1) is 8.15. The summed E-state index contributed by atoms with van der Waals surface area (Å²) in [6, 6.07) is 14.5. The lowest BCUT2D eigenvalue weighted by atomic mass is 10.2. The first-order valence-electron chi connectivity index (χ1n) is 5.06. The number of non-ortho nitro benzene ring substituents is 1. The van der Waals surface area contributed by atoms with E-state index in [-0.39, 0.29) is 5.69 Å². The molecule has 0 heterocycles. The Bertz CT molecular complexity index is 517. The number of hydrogen-bond acceptors (Lipinski definition) is 3. The van der Waals surface area contributed by atoms with Crippen molar-refractivity contribution in [3.63, 3.8) is 0 Å². The van der Waals surface area contributed by atoms with Gasteiger partial charge in [-0.2, -0.15) is 0 Å². The summed E-state index contributed by atoms with van der Waals surface area (Å²) >= 11 is 0. The fourth-order valence-electron chi connectivity index (χ4n) is 1.31. The average molecular weight is 228 g/mol. The quantitative estimate of drug-likeness (QED) is 0.596. The van der Waals surface area contributed by atoms with Crippen molar-refractivity contribution >= 4 is 5.69 Å². The van der Waals surface area contributed by atoms with Gasteiger partial charge in [0.25, 0.3) is 5.69 Å². The Hall–Kier alpha value is -2.36. The number of benzene rings is 2. The van der Waals surface area contributed by atoms with Crippen LogP contribution in [0.5, 0.6) is 11.5 Å². The van der Waals surface area contributed by atoms with E-state index >= 15 is 0 Å². The highest BCUT2D eigenvalue weighted by atomic mass is 16.6. The summed E-state index contributed by atoms with van der Waals surface area (Å²) in [7, 11) is 0. The molecule has 0 spiro atoms. The molecule has 1 radical (unpaired) electrons. The van der Waals surface area contributed by atoms with Gasteiger partial charge in [-0.05, 0) is 25.1 Å². The normalized spacial score (nSPS) is 9.94. The molecular weight excluding hydrogens is 218 g/mol. The zero-order valence-corrected chi connectivity index (χ0v) is 9.21. The summed E-state index contributed by atoms with van der Waals surface area (Å²) in [4.78, 5) is 9.99. The van der Waals surface area contributed by atoms with Gasteiger partial charge in [0, 0.05) is 18.2 Å². The minimum absolute atomic E-state index is 0.00116. The molecule has 0 saturated heterocycles. The molecule has 0 aliphatic heterocycles. The van der Waals surface area contributed by atoms with Gasteiger partial charge in [0.05, 0.1) is 4.92 Å². The minimum Gasteiger partial charge on any atom is -0.457 e. The second-order valence-corrected chi connectivity index (χ2v) is 3.58. The minimum atomic E-state index is -0.466. The Kier molecular flexibility index (Phi) is 3.05. The maximum atomic E-state index is 10.5. The van der Waals surface area contributed by atoms with Crippen molar-refractivity contribution in [3.05, 3.63) is 64.2 Å². The Balaban J connectivity index is 2.13.